The molecule has 418 valence electrons. The number of carbonyl (C=O) groups excluding carboxylic acids is 2. The van der Waals surface area contributed by atoms with Crippen LogP contribution in [0.1, 0.15) is 95.2 Å². The molecule has 8 fully saturated rings. The molecule has 3 unspecified atom stereocenters. The summed E-state index contributed by atoms with van der Waals surface area (Å²) in [6.45, 7) is 22.1. The minimum atomic E-state index is -0.803. The van der Waals surface area contributed by atoms with Gasteiger partial charge in [0.15, 0.2) is 24.1 Å². The quantitative estimate of drug-likeness (QED) is 0.0809. The lowest BCUT2D eigenvalue weighted by molar-refractivity contribution is -0.550. The zero-order chi connectivity index (χ0) is 54.0. The van der Waals surface area contributed by atoms with Crippen molar-refractivity contribution in [1.29, 1.82) is 0 Å². The Kier molecular flexibility index (Phi) is 15.5. The third kappa shape index (κ3) is 10.9. The molecule has 0 radical (unpaired) electrons. The number of pyridine rings is 1. The van der Waals surface area contributed by atoms with E-state index in [4.69, 9.17) is 38.4 Å². The van der Waals surface area contributed by atoms with Crippen LogP contribution in [0.25, 0.3) is 33.4 Å². The highest BCUT2D eigenvalue weighted by Gasteiger charge is 2.61. The van der Waals surface area contributed by atoms with Gasteiger partial charge in [-0.15, -0.1) is 11.3 Å². The van der Waals surface area contributed by atoms with Crippen molar-refractivity contribution in [3.63, 3.8) is 0 Å². The minimum absolute atomic E-state index is 0.0319. The summed E-state index contributed by atoms with van der Waals surface area (Å²) in [5.74, 6) is 8.30. The van der Waals surface area contributed by atoms with Gasteiger partial charge in [-0.25, -0.2) is 15.0 Å². The third-order valence-corrected chi connectivity index (χ3v) is 19.3. The smallest absolute Gasteiger partial charge is 0.325 e. The van der Waals surface area contributed by atoms with Crippen LogP contribution in [-0.4, -0.2) is 187 Å². The second-order valence-corrected chi connectivity index (χ2v) is 25.2. The lowest BCUT2D eigenvalue weighted by atomic mass is 9.73. The minimum Gasteiger partial charge on any atom is -0.464 e. The number of methoxy groups -OCH3 is 1. The van der Waals surface area contributed by atoms with Crippen LogP contribution >= 0.6 is 11.3 Å². The molecule has 3 aromatic heterocycles. The number of piperazine rings is 1. The second kappa shape index (κ2) is 22.4. The van der Waals surface area contributed by atoms with Gasteiger partial charge in [0, 0.05) is 104 Å². The average molecular weight is 1090 g/mol. The molecule has 4 aromatic rings. The fraction of sp³-hybridized carbons (Fsp3) is 0.650. The number of ether oxygens (including phenoxy) is 6. The molecule has 0 spiro atoms. The van der Waals surface area contributed by atoms with Gasteiger partial charge in [0.2, 0.25) is 5.71 Å². The Morgan fingerprint density at radius 2 is 1.77 bits per heavy atom. The van der Waals surface area contributed by atoms with Gasteiger partial charge in [0.1, 0.15) is 31.6 Å². The summed E-state index contributed by atoms with van der Waals surface area (Å²) >= 11 is 1.56. The van der Waals surface area contributed by atoms with E-state index in [2.05, 4.69) is 113 Å². The maximum atomic E-state index is 15.5. The molecule has 78 heavy (non-hydrogen) atoms. The standard InChI is InChI=1S/C60H80N9O8S/c1-35(66-17-15-65(7)16-18-66)9-10-39-27-45(50(61-32-39)38(4)72-8)53-46-31-60(5,6)34-76-59(71)51-41-28-42(29-41)69(64-51)58(70)52(63-56-55(77-56)49-36(2)37(49)3)54(67-19-24-74-25-20-67)57-62-47(33-78-57)40-11-12-48(44(46)30-40)68(53)21-26-75-43-13-22-73-23-14-43/h11-12,27,30,32-33,35-38,41-43,49,51-52,55-56,63-64H,13-26,28-29,31,34H2,1-8H3/q+1/t35-,36-,37+,38+,41?,42?,49?,51+,52+,55?,56?/m1/s1. The maximum Gasteiger partial charge on any atom is 0.325 e. The van der Waals surface area contributed by atoms with E-state index in [1.807, 2.05) is 13.1 Å². The van der Waals surface area contributed by atoms with Crippen molar-refractivity contribution in [3.8, 4) is 34.4 Å². The number of thiazole rings is 1. The van der Waals surface area contributed by atoms with Gasteiger partial charge in [-0.3, -0.25) is 29.8 Å². The predicted octanol–water partition coefficient (Wildman–Crippen LogP) is 5.75. The van der Waals surface area contributed by atoms with E-state index in [1.165, 1.54) is 0 Å². The number of epoxide rings is 1. The van der Waals surface area contributed by atoms with Crippen molar-refractivity contribution in [2.45, 2.75) is 129 Å². The number of carbonyl (C=O) groups is 2. The number of nitrogens with one attached hydrogen (secondary N) is 2. The Bertz CT molecular complexity index is 2960. The molecule has 8 bridgehead atoms. The van der Waals surface area contributed by atoms with Crippen LogP contribution in [-0.2, 0) is 51.0 Å². The molecule has 17 nitrogen and oxygen atoms in total. The molecular weight excluding hydrogens is 1010 g/mol. The third-order valence-electron chi connectivity index (χ3n) is 18.5. The first kappa shape index (κ1) is 54.0. The normalized spacial score (nSPS) is 30.5. The maximum absolute atomic E-state index is 15.5. The number of fused-ring (bicyclic) bond motifs is 4. The number of aromatic nitrogens is 3. The van der Waals surface area contributed by atoms with Crippen molar-refractivity contribution >= 4 is 39.8 Å². The molecule has 2 N–H and O–H groups in total. The Morgan fingerprint density at radius 3 is 2.51 bits per heavy atom. The highest BCUT2D eigenvalue weighted by molar-refractivity contribution is 7.12. The van der Waals surface area contributed by atoms with E-state index < -0.39 is 17.5 Å². The van der Waals surface area contributed by atoms with Gasteiger partial charge in [0.25, 0.3) is 5.91 Å². The van der Waals surface area contributed by atoms with Gasteiger partial charge >= 0.3 is 5.97 Å². The zero-order valence-corrected chi connectivity index (χ0v) is 47.7. The lowest BCUT2D eigenvalue weighted by Gasteiger charge is -2.53. The number of likely N-dealkylation sites (N-methyl/N-ethyl adjacent to an activating group) is 1. The second-order valence-electron chi connectivity index (χ2n) is 24.3. The zero-order valence-electron chi connectivity index (χ0n) is 46.9. The number of esters is 1. The Hall–Kier alpha value is -4.65. The molecule has 10 heterocycles. The van der Waals surface area contributed by atoms with E-state index in [0.717, 1.165) is 113 Å². The first-order valence-corrected chi connectivity index (χ1v) is 29.8. The van der Waals surface area contributed by atoms with E-state index in [-0.39, 0.29) is 61.0 Å². The Morgan fingerprint density at radius 1 is 1.01 bits per heavy atom. The monoisotopic (exact) mass is 1090 g/mol. The van der Waals surface area contributed by atoms with Crippen LogP contribution in [0.2, 0.25) is 0 Å². The molecule has 6 saturated heterocycles. The van der Waals surface area contributed by atoms with Crippen molar-refractivity contribution in [2.75, 3.05) is 93.1 Å². The molecule has 9 atom stereocenters. The van der Waals surface area contributed by atoms with Crippen LogP contribution in [0.4, 0.5) is 0 Å². The fourth-order valence-electron chi connectivity index (χ4n) is 13.2. The topological polar surface area (TPSA) is 160 Å². The van der Waals surface area contributed by atoms with E-state index in [1.54, 1.807) is 23.5 Å². The van der Waals surface area contributed by atoms with Crippen molar-refractivity contribution < 1.29 is 42.6 Å². The van der Waals surface area contributed by atoms with Crippen LogP contribution in [0, 0.1) is 40.9 Å². The van der Waals surface area contributed by atoms with Gasteiger partial charge in [-0.05, 0) is 100 Å². The van der Waals surface area contributed by atoms with Crippen LogP contribution in [0.5, 0.6) is 0 Å². The number of morpholine rings is 1. The molecular formula is C60H80N9O8S+. The molecule has 18 heteroatoms. The number of benzene rings is 1. The van der Waals surface area contributed by atoms with Gasteiger partial charge in [-0.2, -0.15) is 0 Å². The first-order chi connectivity index (χ1) is 37.7. The summed E-state index contributed by atoms with van der Waals surface area (Å²) in [7, 11) is 3.91. The lowest BCUT2D eigenvalue weighted by Crippen LogP contribution is -2.72. The van der Waals surface area contributed by atoms with Crippen molar-refractivity contribution in [2.24, 2.45) is 29.1 Å². The molecule has 1 aromatic carbocycles. The van der Waals surface area contributed by atoms with Gasteiger partial charge < -0.3 is 37.9 Å². The summed E-state index contributed by atoms with van der Waals surface area (Å²) in [4.78, 5) is 45.7. The summed E-state index contributed by atoms with van der Waals surface area (Å²) in [6.07, 6.45) is 5.15. The molecule has 2 saturated carbocycles. The number of rotatable bonds is 11. The van der Waals surface area contributed by atoms with Gasteiger partial charge in [0.05, 0.1) is 48.5 Å². The molecule has 2 aliphatic carbocycles. The summed E-state index contributed by atoms with van der Waals surface area (Å²) in [5.41, 5.74) is 11.3. The number of cyclic esters (lactones) is 1. The number of hydrogen-bond acceptors (Lipinski definition) is 15. The van der Waals surface area contributed by atoms with Crippen LogP contribution in [0.15, 0.2) is 35.8 Å². The number of hydrogen-bond donors (Lipinski definition) is 2. The molecule has 1 amide bonds. The highest BCUT2D eigenvalue weighted by atomic mass is 32.1. The predicted molar refractivity (Wildman–Crippen MR) is 298 cm³/mol. The largest absolute Gasteiger partial charge is 0.464 e. The number of amides is 1. The van der Waals surface area contributed by atoms with Crippen molar-refractivity contribution in [1.82, 2.24) is 40.1 Å². The summed E-state index contributed by atoms with van der Waals surface area (Å²) in [5, 5.41) is 9.45. The fourth-order valence-corrected chi connectivity index (χ4v) is 14.1. The van der Waals surface area contributed by atoms with Crippen molar-refractivity contribution in [3.05, 3.63) is 57.7 Å². The average Bonchev–Trinajstić information content (AvgIpc) is 4.38. The summed E-state index contributed by atoms with van der Waals surface area (Å²) in [6, 6.07) is 7.44. The molecule has 7 aliphatic heterocycles. The van der Waals surface area contributed by atoms with E-state index in [0.29, 0.717) is 76.8 Å². The number of hydrazine groups is 1. The van der Waals surface area contributed by atoms with Crippen LogP contribution in [0.3, 0.4) is 0 Å². The highest BCUT2D eigenvalue weighted by Crippen LogP contribution is 2.54. The summed E-state index contributed by atoms with van der Waals surface area (Å²) < 4.78 is 42.0. The first-order valence-electron chi connectivity index (χ1n) is 28.9. The van der Waals surface area contributed by atoms with E-state index >= 15 is 4.79 Å². The SMILES string of the molecule is CO[C@@H](C)c1ncc(C#C[C@@H](C)N2CCN(C)CC2)cc1-c1c2c3cc(ccc3n1CCOC1CCOCC1)-c1csc(n1)C(=[N+]1CCOCC1)[C@H](NC1OC1C1[C@@H](C)[C@H]1C)C(=O)N1N[C@H](C(=O)OCC(C)(C)C2)C2CC1C2. The molecule has 9 aliphatic rings. The Balaban J connectivity index is 1.01. The van der Waals surface area contributed by atoms with Gasteiger partial charge in [-0.1, -0.05) is 45.6 Å². The van der Waals surface area contributed by atoms with E-state index in [9.17, 15) is 4.79 Å². The van der Waals surface area contributed by atoms with Crippen LogP contribution < -0.4 is 10.7 Å². The molecule has 13 rings (SSSR count). The number of nitrogens with zero attached hydrogens (tertiary/aromatic N) is 7. The Labute approximate surface area is 463 Å².